The van der Waals surface area contributed by atoms with Gasteiger partial charge < -0.3 is 9.47 Å². The number of benzene rings is 3. The number of imidazole rings is 1. The Morgan fingerprint density at radius 3 is 2.10 bits per heavy atom. The molecule has 0 aliphatic rings. The van der Waals surface area contributed by atoms with Gasteiger partial charge in [0, 0.05) is 13.9 Å². The fraction of sp³-hybridized carbons (Fsp3) is 0.269. The van der Waals surface area contributed by atoms with Crippen LogP contribution in [-0.4, -0.2) is 21.7 Å². The van der Waals surface area contributed by atoms with Crippen molar-refractivity contribution in [3.8, 4) is 28.3 Å². The van der Waals surface area contributed by atoms with Crippen LogP contribution in [0.2, 0.25) is 0 Å². The average molecular weight is 409 g/mol. The molecule has 0 bridgehead atoms. The van der Waals surface area contributed by atoms with E-state index in [1.807, 2.05) is 35.8 Å². The molecule has 0 fully saturated rings. The maximum atomic E-state index is 7.99. The largest absolute Gasteiger partial charge is 0.491 e. The second-order valence-electron chi connectivity index (χ2n) is 7.11. The molecule has 154 valence electrons. The summed E-state index contributed by atoms with van der Waals surface area (Å²) in [6.07, 6.45) is -2.45. The van der Waals surface area contributed by atoms with Crippen LogP contribution in [-0.2, 0) is 0 Å². The molecule has 1 heterocycles. The summed E-state index contributed by atoms with van der Waals surface area (Å²) < 4.78 is 73.6. The molecule has 0 aliphatic heterocycles. The van der Waals surface area contributed by atoms with Crippen molar-refractivity contribution in [2.45, 2.75) is 46.6 Å². The Kier molecular flexibility index (Phi) is 3.41. The van der Waals surface area contributed by atoms with Gasteiger partial charge in [0.15, 0.2) is 0 Å². The van der Waals surface area contributed by atoms with Crippen molar-refractivity contribution in [1.82, 2.24) is 9.55 Å². The Balaban J connectivity index is 1.63. The van der Waals surface area contributed by atoms with Crippen molar-refractivity contribution in [2.75, 3.05) is 0 Å². The summed E-state index contributed by atoms with van der Waals surface area (Å²) >= 11 is 0. The Hall–Kier alpha value is -3.27. The highest BCUT2D eigenvalue weighted by atomic mass is 16.5. The molecule has 4 aromatic rings. The van der Waals surface area contributed by atoms with Crippen LogP contribution < -0.4 is 9.47 Å². The minimum absolute atomic E-state index is 0.271. The van der Waals surface area contributed by atoms with Gasteiger partial charge in [-0.3, -0.25) is 4.57 Å². The summed E-state index contributed by atoms with van der Waals surface area (Å²) in [6.45, 7) is -0.792. The van der Waals surface area contributed by atoms with E-state index in [4.69, 9.17) is 20.4 Å². The number of hydrogen-bond acceptors (Lipinski definition) is 3. The van der Waals surface area contributed by atoms with Gasteiger partial charge in [0.1, 0.15) is 17.8 Å². The third-order valence-corrected chi connectivity index (χ3v) is 4.72. The molecule has 0 amide bonds. The first-order valence-electron chi connectivity index (χ1n) is 13.6. The number of hydrogen-bond donors (Lipinski definition) is 0. The fourth-order valence-electron chi connectivity index (χ4n) is 3.41. The quantitative estimate of drug-likeness (QED) is 0.362. The van der Waals surface area contributed by atoms with Crippen LogP contribution in [0.25, 0.3) is 27.8 Å². The van der Waals surface area contributed by atoms with Gasteiger partial charge in [0.05, 0.1) is 25.9 Å². The molecule has 2 atom stereocenters. The van der Waals surface area contributed by atoms with E-state index in [1.165, 1.54) is 13.8 Å². The molecule has 3 aromatic carbocycles. The predicted molar refractivity (Wildman–Crippen MR) is 123 cm³/mol. The lowest BCUT2D eigenvalue weighted by molar-refractivity contribution is 0.242. The van der Waals surface area contributed by atoms with E-state index in [0.717, 1.165) is 33.4 Å². The first kappa shape index (κ1) is 12.4. The zero-order valence-corrected chi connectivity index (χ0v) is 17.1. The molecular formula is C26H28N2O2. The van der Waals surface area contributed by atoms with Crippen LogP contribution in [0.5, 0.6) is 11.5 Å². The molecule has 4 rings (SSSR count). The molecule has 1 aromatic heterocycles. The first-order chi connectivity index (χ1) is 17.5. The van der Waals surface area contributed by atoms with Crippen LogP contribution >= 0.6 is 0 Å². The SMILES string of the molecule is [2H]C([2H])([2H])C([2H])(C)Oc1ccc(-c2cc3c(cc2C)ncn3-c2ccc(OC([2H])(C)C([2H])([2H])[2H])cc2)cc1. The molecule has 0 radical (unpaired) electrons. The number of fused-ring (bicyclic) bond motifs is 1. The number of nitrogens with zero attached hydrogens (tertiary/aromatic N) is 2. The molecule has 30 heavy (non-hydrogen) atoms. The van der Waals surface area contributed by atoms with Crippen molar-refractivity contribution in [3.63, 3.8) is 0 Å². The Labute approximate surface area is 189 Å². The average Bonchev–Trinajstić information content (AvgIpc) is 3.20. The second-order valence-corrected chi connectivity index (χ2v) is 7.11. The molecule has 0 aliphatic carbocycles. The van der Waals surface area contributed by atoms with E-state index >= 15 is 0 Å². The summed E-state index contributed by atoms with van der Waals surface area (Å²) in [5.41, 5.74) is 5.22. The minimum Gasteiger partial charge on any atom is -0.491 e. The van der Waals surface area contributed by atoms with Gasteiger partial charge in [-0.25, -0.2) is 4.98 Å². The highest BCUT2D eigenvalue weighted by Gasteiger charge is 2.11. The van der Waals surface area contributed by atoms with Crippen molar-refractivity contribution in [1.29, 1.82) is 0 Å². The molecular weight excluding hydrogens is 372 g/mol. The summed E-state index contributed by atoms with van der Waals surface area (Å²) in [6, 6.07) is 17.7. The van der Waals surface area contributed by atoms with E-state index in [0.29, 0.717) is 0 Å². The standard InChI is InChI=1S/C26H28N2O2/c1-17(2)29-22-10-6-20(7-11-22)24-15-26-25(14-19(24)5)27-16-28(26)21-8-12-23(13-9-21)30-18(3)4/h6-18H,1-5H3/i1D3,3D3,17D,18D. The van der Waals surface area contributed by atoms with E-state index in [-0.39, 0.29) is 11.5 Å². The van der Waals surface area contributed by atoms with Crippen molar-refractivity contribution in [3.05, 3.63) is 72.6 Å². The number of aryl methyl sites for hydroxylation is 1. The monoisotopic (exact) mass is 408 g/mol. The molecule has 0 N–H and O–H groups in total. The maximum Gasteiger partial charge on any atom is 0.119 e. The van der Waals surface area contributed by atoms with Gasteiger partial charge in [0.25, 0.3) is 0 Å². The van der Waals surface area contributed by atoms with Crippen LogP contribution in [0, 0.1) is 6.92 Å². The molecule has 4 nitrogen and oxygen atoms in total. The van der Waals surface area contributed by atoms with Gasteiger partial charge >= 0.3 is 0 Å². The zero-order chi connectivity index (χ0) is 28.1. The van der Waals surface area contributed by atoms with Crippen LogP contribution in [0.3, 0.4) is 0 Å². The highest BCUT2D eigenvalue weighted by molar-refractivity contribution is 5.85. The summed E-state index contributed by atoms with van der Waals surface area (Å²) in [5.74, 6) is 0.559. The zero-order valence-electron chi connectivity index (χ0n) is 25.1. The molecule has 0 saturated heterocycles. The fourth-order valence-corrected chi connectivity index (χ4v) is 3.41. The van der Waals surface area contributed by atoms with Crippen molar-refractivity contribution < 1.29 is 20.4 Å². The smallest absolute Gasteiger partial charge is 0.119 e. The lowest BCUT2D eigenvalue weighted by atomic mass is 9.99. The summed E-state index contributed by atoms with van der Waals surface area (Å²) in [4.78, 5) is 4.52. The minimum atomic E-state index is -2.60. The number of rotatable bonds is 6. The Bertz CT molecular complexity index is 1440. The van der Waals surface area contributed by atoms with Crippen molar-refractivity contribution >= 4 is 11.0 Å². The third-order valence-electron chi connectivity index (χ3n) is 4.72. The normalized spacial score (nSPS) is 20.1. The molecule has 4 heteroatoms. The van der Waals surface area contributed by atoms with Gasteiger partial charge in [-0.2, -0.15) is 0 Å². The van der Waals surface area contributed by atoms with Gasteiger partial charge in [0.2, 0.25) is 0 Å². The topological polar surface area (TPSA) is 36.3 Å². The molecule has 2 unspecified atom stereocenters. The molecule has 0 spiro atoms. The lowest BCUT2D eigenvalue weighted by Crippen LogP contribution is -2.05. The van der Waals surface area contributed by atoms with E-state index in [2.05, 4.69) is 4.98 Å². The van der Waals surface area contributed by atoms with Crippen LogP contribution in [0.15, 0.2) is 67.0 Å². The summed E-state index contributed by atoms with van der Waals surface area (Å²) in [7, 11) is 0. The lowest BCUT2D eigenvalue weighted by Gasteiger charge is -2.13. The highest BCUT2D eigenvalue weighted by Crippen LogP contribution is 2.31. The van der Waals surface area contributed by atoms with Crippen LogP contribution in [0.1, 0.15) is 44.1 Å². The van der Waals surface area contributed by atoms with E-state index in [9.17, 15) is 0 Å². The number of aromatic nitrogens is 2. The van der Waals surface area contributed by atoms with Gasteiger partial charge in [-0.1, -0.05) is 12.1 Å². The third kappa shape index (κ3) is 4.18. The van der Waals surface area contributed by atoms with E-state index < -0.39 is 25.9 Å². The summed E-state index contributed by atoms with van der Waals surface area (Å²) in [5, 5.41) is 0. The Morgan fingerprint density at radius 1 is 0.900 bits per heavy atom. The van der Waals surface area contributed by atoms with Gasteiger partial charge in [-0.15, -0.1) is 0 Å². The first-order valence-corrected chi connectivity index (χ1v) is 9.55. The number of ether oxygens (including phenoxy) is 2. The van der Waals surface area contributed by atoms with Crippen LogP contribution in [0.4, 0.5) is 0 Å². The second kappa shape index (κ2) is 8.23. The van der Waals surface area contributed by atoms with Gasteiger partial charge in [-0.05, 0) is 99.7 Å². The molecule has 0 saturated carbocycles. The van der Waals surface area contributed by atoms with Crippen molar-refractivity contribution in [2.24, 2.45) is 0 Å². The van der Waals surface area contributed by atoms with E-state index in [1.54, 1.807) is 42.7 Å². The maximum absolute atomic E-state index is 7.99. The Morgan fingerprint density at radius 2 is 1.50 bits per heavy atom. The predicted octanol–water partition coefficient (Wildman–Crippen LogP) is 6.58.